The number of carbonyl (C=O) groups is 1. The molecule has 0 bridgehead atoms. The first-order valence-electron chi connectivity index (χ1n) is 10.9. The van der Waals surface area contributed by atoms with Crippen LogP contribution in [0.4, 0.5) is 14.5 Å². The minimum Gasteiger partial charge on any atom is -0.462 e. The molecule has 0 N–H and O–H groups in total. The van der Waals surface area contributed by atoms with Crippen molar-refractivity contribution >= 4 is 17.2 Å². The average molecular weight is 432 g/mol. The summed E-state index contributed by atoms with van der Waals surface area (Å²) in [6.45, 7) is 10.7. The number of aromatic nitrogens is 2. The van der Waals surface area contributed by atoms with Crippen molar-refractivity contribution in [2.75, 3.05) is 18.1 Å². The molecule has 0 saturated carbocycles. The Morgan fingerprint density at radius 1 is 1.16 bits per heavy atom. The number of rotatable bonds is 4. The third-order valence-electron chi connectivity index (χ3n) is 4.90. The number of anilines is 1. The van der Waals surface area contributed by atoms with Crippen molar-refractivity contribution in [1.29, 1.82) is 0 Å². The SMILES string of the molecule is CC.CC.CCOC(=O)c1cnn2ccc(N3CCCC3c3cc(F)ccc3F)cc12. The van der Waals surface area contributed by atoms with Gasteiger partial charge in [-0.2, -0.15) is 5.10 Å². The van der Waals surface area contributed by atoms with Crippen LogP contribution in [-0.4, -0.2) is 28.7 Å². The number of benzene rings is 1. The van der Waals surface area contributed by atoms with Crippen molar-refractivity contribution in [3.05, 3.63) is 65.5 Å². The van der Waals surface area contributed by atoms with Crippen LogP contribution in [0.15, 0.2) is 42.7 Å². The molecule has 1 unspecified atom stereocenters. The molecular weight excluding hydrogens is 400 g/mol. The maximum atomic E-state index is 14.3. The zero-order valence-electron chi connectivity index (χ0n) is 18.9. The van der Waals surface area contributed by atoms with E-state index < -0.39 is 17.6 Å². The van der Waals surface area contributed by atoms with Crippen LogP contribution in [0.5, 0.6) is 0 Å². The van der Waals surface area contributed by atoms with E-state index in [0.717, 1.165) is 31.1 Å². The third-order valence-corrected chi connectivity index (χ3v) is 4.90. The molecule has 4 rings (SSSR count). The molecule has 5 nitrogen and oxygen atoms in total. The van der Waals surface area contributed by atoms with Crippen LogP contribution < -0.4 is 4.90 Å². The molecular formula is C24H31F2N3O2. The van der Waals surface area contributed by atoms with Crippen LogP contribution in [0, 0.1) is 11.6 Å². The molecule has 0 aliphatic carbocycles. The smallest absolute Gasteiger partial charge is 0.341 e. The van der Waals surface area contributed by atoms with Gasteiger partial charge < -0.3 is 9.64 Å². The fourth-order valence-corrected chi connectivity index (χ4v) is 3.68. The molecule has 1 aliphatic rings. The van der Waals surface area contributed by atoms with Gasteiger partial charge in [-0.15, -0.1) is 0 Å². The number of hydrogen-bond donors (Lipinski definition) is 0. The zero-order valence-corrected chi connectivity index (χ0v) is 18.9. The second-order valence-corrected chi connectivity index (χ2v) is 6.51. The monoisotopic (exact) mass is 431 g/mol. The third kappa shape index (κ3) is 5.21. The van der Waals surface area contributed by atoms with Crippen LogP contribution in [0.25, 0.3) is 5.52 Å². The van der Waals surface area contributed by atoms with Gasteiger partial charge in [-0.25, -0.2) is 18.1 Å². The van der Waals surface area contributed by atoms with Gasteiger partial charge in [0.25, 0.3) is 0 Å². The van der Waals surface area contributed by atoms with Crippen LogP contribution >= 0.6 is 0 Å². The standard InChI is InChI=1S/C20H19F2N3O2.2C2H6/c1-2-27-20(26)16-12-23-25-9-7-14(11-19(16)25)24-8-3-4-18(24)15-10-13(21)5-6-17(15)22;2*1-2/h5-7,9-12,18H,2-4,8H2,1H3;2*1-2H3. The van der Waals surface area contributed by atoms with E-state index in [4.69, 9.17) is 4.74 Å². The predicted octanol–water partition coefficient (Wildman–Crippen LogP) is 6.18. The summed E-state index contributed by atoms with van der Waals surface area (Å²) in [5.74, 6) is -1.29. The number of esters is 1. The second-order valence-electron chi connectivity index (χ2n) is 6.51. The summed E-state index contributed by atoms with van der Waals surface area (Å²) in [4.78, 5) is 14.2. The first-order chi connectivity index (χ1) is 15.1. The van der Waals surface area contributed by atoms with E-state index in [2.05, 4.69) is 5.10 Å². The Morgan fingerprint density at radius 3 is 2.61 bits per heavy atom. The number of pyridine rings is 1. The molecule has 0 radical (unpaired) electrons. The Bertz CT molecular complexity index is 1000. The number of carbonyl (C=O) groups excluding carboxylic acids is 1. The molecule has 3 heterocycles. The van der Waals surface area contributed by atoms with Crippen molar-refractivity contribution in [1.82, 2.24) is 9.61 Å². The molecule has 31 heavy (non-hydrogen) atoms. The lowest BCUT2D eigenvalue weighted by Gasteiger charge is -2.27. The fraction of sp³-hybridized carbons (Fsp3) is 0.417. The quantitative estimate of drug-likeness (QED) is 0.463. The van der Waals surface area contributed by atoms with E-state index in [0.29, 0.717) is 16.6 Å². The van der Waals surface area contributed by atoms with Crippen LogP contribution in [0.3, 0.4) is 0 Å². The average Bonchev–Trinajstić information content (AvgIpc) is 3.45. The van der Waals surface area contributed by atoms with Gasteiger partial charge in [0.15, 0.2) is 0 Å². The Labute approximate surface area is 182 Å². The van der Waals surface area contributed by atoms with E-state index in [1.54, 1.807) is 17.6 Å². The zero-order chi connectivity index (χ0) is 23.0. The highest BCUT2D eigenvalue weighted by atomic mass is 19.1. The minimum atomic E-state index is -0.450. The van der Waals surface area contributed by atoms with Crippen molar-refractivity contribution in [2.24, 2.45) is 0 Å². The summed E-state index contributed by atoms with van der Waals surface area (Å²) in [5.41, 5.74) is 2.19. The maximum absolute atomic E-state index is 14.3. The molecule has 2 aromatic heterocycles. The summed E-state index contributed by atoms with van der Waals surface area (Å²) in [6, 6.07) is 7.01. The van der Waals surface area contributed by atoms with E-state index in [-0.39, 0.29) is 12.6 Å². The van der Waals surface area contributed by atoms with Gasteiger partial charge in [0.05, 0.1) is 24.4 Å². The first kappa shape index (κ1) is 24.3. The van der Waals surface area contributed by atoms with E-state index in [9.17, 15) is 13.6 Å². The molecule has 0 spiro atoms. The van der Waals surface area contributed by atoms with Crippen molar-refractivity contribution in [2.45, 2.75) is 53.5 Å². The van der Waals surface area contributed by atoms with E-state index in [1.165, 1.54) is 18.3 Å². The van der Waals surface area contributed by atoms with Gasteiger partial charge in [0.2, 0.25) is 0 Å². The topological polar surface area (TPSA) is 46.8 Å². The summed E-state index contributed by atoms with van der Waals surface area (Å²) >= 11 is 0. The lowest BCUT2D eigenvalue weighted by molar-refractivity contribution is 0.0528. The molecule has 1 atom stereocenters. The van der Waals surface area contributed by atoms with Crippen molar-refractivity contribution < 1.29 is 18.3 Å². The van der Waals surface area contributed by atoms with Crippen LogP contribution in [0.1, 0.15) is 69.4 Å². The Balaban J connectivity index is 0.000000807. The van der Waals surface area contributed by atoms with E-state index >= 15 is 0 Å². The molecule has 1 fully saturated rings. The Hall–Kier alpha value is -2.96. The van der Waals surface area contributed by atoms with Crippen LogP contribution in [-0.2, 0) is 4.74 Å². The normalized spacial score (nSPS) is 15.1. The molecule has 1 saturated heterocycles. The second kappa shape index (κ2) is 11.4. The minimum absolute atomic E-state index is 0.253. The molecule has 0 amide bonds. The molecule has 1 aliphatic heterocycles. The fourth-order valence-electron chi connectivity index (χ4n) is 3.68. The highest BCUT2D eigenvalue weighted by Gasteiger charge is 2.29. The van der Waals surface area contributed by atoms with Gasteiger partial charge in [-0.3, -0.25) is 0 Å². The van der Waals surface area contributed by atoms with Gasteiger partial charge in [-0.05, 0) is 50.1 Å². The van der Waals surface area contributed by atoms with E-state index in [1.807, 2.05) is 44.7 Å². The summed E-state index contributed by atoms with van der Waals surface area (Å²) in [6.07, 6.45) is 4.83. The number of ether oxygens (including phenoxy) is 1. The Morgan fingerprint density at radius 2 is 1.90 bits per heavy atom. The number of halogens is 2. The maximum Gasteiger partial charge on any atom is 0.341 e. The number of fused-ring (bicyclic) bond motifs is 1. The molecule has 168 valence electrons. The van der Waals surface area contributed by atoms with Gasteiger partial charge in [0.1, 0.15) is 17.2 Å². The van der Waals surface area contributed by atoms with Crippen molar-refractivity contribution in [3.63, 3.8) is 0 Å². The van der Waals surface area contributed by atoms with Gasteiger partial charge >= 0.3 is 5.97 Å². The Kier molecular flexibility index (Phi) is 8.97. The summed E-state index contributed by atoms with van der Waals surface area (Å²) < 4.78 is 34.6. The molecule has 7 heteroatoms. The highest BCUT2D eigenvalue weighted by Crippen LogP contribution is 2.38. The lowest BCUT2D eigenvalue weighted by atomic mass is 10.0. The molecule has 3 aromatic rings. The summed E-state index contributed by atoms with van der Waals surface area (Å²) in [5, 5.41) is 4.18. The lowest BCUT2D eigenvalue weighted by Crippen LogP contribution is -2.23. The van der Waals surface area contributed by atoms with Crippen molar-refractivity contribution in [3.8, 4) is 0 Å². The highest BCUT2D eigenvalue weighted by molar-refractivity contribution is 5.97. The first-order valence-corrected chi connectivity index (χ1v) is 10.9. The van der Waals surface area contributed by atoms with Gasteiger partial charge in [-0.1, -0.05) is 27.7 Å². The largest absolute Gasteiger partial charge is 0.462 e. The number of hydrogen-bond acceptors (Lipinski definition) is 4. The predicted molar refractivity (Wildman–Crippen MR) is 120 cm³/mol. The molecule has 1 aromatic carbocycles. The number of nitrogens with zero attached hydrogens (tertiary/aromatic N) is 3. The van der Waals surface area contributed by atoms with Crippen LogP contribution in [0.2, 0.25) is 0 Å². The summed E-state index contributed by atoms with van der Waals surface area (Å²) in [7, 11) is 0. The van der Waals surface area contributed by atoms with Gasteiger partial charge in [0, 0.05) is 24.0 Å².